The second-order valence-corrected chi connectivity index (χ2v) is 8.58. The van der Waals surface area contributed by atoms with Crippen molar-refractivity contribution in [2.45, 2.75) is 123 Å². The predicted octanol–water partition coefficient (Wildman–Crippen LogP) is 8.17. The Morgan fingerprint density at radius 1 is 0.571 bits per heavy atom. The minimum Gasteiger partial charge on any atom is -0.299 e. The van der Waals surface area contributed by atoms with Crippen molar-refractivity contribution in [3.63, 3.8) is 0 Å². The molecule has 0 aliphatic rings. The minimum atomic E-state index is 1.09. The van der Waals surface area contributed by atoms with E-state index >= 15 is 0 Å². The Morgan fingerprint density at radius 3 is 1.39 bits per heavy atom. The largest absolute Gasteiger partial charge is 0.299 e. The molecule has 0 saturated carbocycles. The summed E-state index contributed by atoms with van der Waals surface area (Å²) < 4.78 is 0. The molecule has 0 spiro atoms. The number of hydrogen-bond donors (Lipinski definition) is 0. The highest BCUT2D eigenvalue weighted by molar-refractivity contribution is 5.09. The smallest absolute Gasteiger partial charge is 0.0271 e. The molecule has 162 valence electrons. The first-order valence-corrected chi connectivity index (χ1v) is 12.5. The van der Waals surface area contributed by atoms with Crippen molar-refractivity contribution in [1.82, 2.24) is 9.88 Å². The van der Waals surface area contributed by atoms with Gasteiger partial charge in [-0.05, 0) is 43.6 Å². The third-order valence-electron chi connectivity index (χ3n) is 5.81. The van der Waals surface area contributed by atoms with Crippen LogP contribution in [0.15, 0.2) is 24.5 Å². The molecule has 0 amide bonds. The van der Waals surface area contributed by atoms with Gasteiger partial charge in [0.1, 0.15) is 0 Å². The molecule has 0 aliphatic carbocycles. The van der Waals surface area contributed by atoms with Gasteiger partial charge >= 0.3 is 0 Å². The highest BCUT2D eigenvalue weighted by atomic mass is 15.1. The highest BCUT2D eigenvalue weighted by Gasteiger charge is 2.06. The van der Waals surface area contributed by atoms with E-state index in [4.69, 9.17) is 0 Å². The monoisotopic (exact) mass is 388 g/mol. The van der Waals surface area contributed by atoms with Crippen molar-refractivity contribution in [3.05, 3.63) is 30.1 Å². The normalized spacial score (nSPS) is 11.4. The van der Waals surface area contributed by atoms with Crippen LogP contribution in [-0.4, -0.2) is 23.0 Å². The van der Waals surface area contributed by atoms with Gasteiger partial charge in [0.2, 0.25) is 0 Å². The van der Waals surface area contributed by atoms with Gasteiger partial charge in [0.25, 0.3) is 0 Å². The SMILES string of the molecule is CCCCCCCCCCN(CCCCCCCCCC)Cc1ccncc1. The van der Waals surface area contributed by atoms with Crippen LogP contribution < -0.4 is 0 Å². The third kappa shape index (κ3) is 15.1. The lowest BCUT2D eigenvalue weighted by molar-refractivity contribution is 0.252. The van der Waals surface area contributed by atoms with E-state index < -0.39 is 0 Å². The van der Waals surface area contributed by atoms with E-state index in [-0.39, 0.29) is 0 Å². The van der Waals surface area contributed by atoms with E-state index in [1.165, 1.54) is 121 Å². The molecule has 0 aliphatic heterocycles. The topological polar surface area (TPSA) is 16.1 Å². The summed E-state index contributed by atoms with van der Waals surface area (Å²) in [4.78, 5) is 6.85. The first-order chi connectivity index (χ1) is 13.9. The summed E-state index contributed by atoms with van der Waals surface area (Å²) >= 11 is 0. The maximum atomic E-state index is 4.17. The van der Waals surface area contributed by atoms with Crippen LogP contribution in [0.5, 0.6) is 0 Å². The molecule has 28 heavy (non-hydrogen) atoms. The van der Waals surface area contributed by atoms with Gasteiger partial charge in [-0.1, -0.05) is 104 Å². The highest BCUT2D eigenvalue weighted by Crippen LogP contribution is 2.13. The second-order valence-electron chi connectivity index (χ2n) is 8.58. The zero-order chi connectivity index (χ0) is 20.1. The molecule has 1 rings (SSSR count). The lowest BCUT2D eigenvalue weighted by Crippen LogP contribution is -2.25. The predicted molar refractivity (Wildman–Crippen MR) is 125 cm³/mol. The summed E-state index contributed by atoms with van der Waals surface area (Å²) in [5.41, 5.74) is 1.41. The molecule has 1 aromatic rings. The first-order valence-electron chi connectivity index (χ1n) is 12.5. The van der Waals surface area contributed by atoms with Crippen LogP contribution in [0.3, 0.4) is 0 Å². The summed E-state index contributed by atoms with van der Waals surface area (Å²) in [6.45, 7) is 8.20. The van der Waals surface area contributed by atoms with Gasteiger partial charge in [0.05, 0.1) is 0 Å². The van der Waals surface area contributed by atoms with Crippen molar-refractivity contribution in [2.24, 2.45) is 0 Å². The van der Waals surface area contributed by atoms with Crippen LogP contribution in [0, 0.1) is 0 Å². The molecule has 2 heteroatoms. The van der Waals surface area contributed by atoms with Gasteiger partial charge in [-0.15, -0.1) is 0 Å². The molecule has 0 saturated heterocycles. The fourth-order valence-electron chi connectivity index (χ4n) is 3.95. The van der Waals surface area contributed by atoms with Crippen LogP contribution in [-0.2, 0) is 6.54 Å². The molecule has 1 heterocycles. The Hall–Kier alpha value is -0.890. The molecule has 0 bridgehead atoms. The number of unbranched alkanes of at least 4 members (excludes halogenated alkanes) is 14. The van der Waals surface area contributed by atoms with Gasteiger partial charge in [0, 0.05) is 18.9 Å². The lowest BCUT2D eigenvalue weighted by Gasteiger charge is -2.22. The van der Waals surface area contributed by atoms with E-state index in [1.807, 2.05) is 12.4 Å². The molecule has 0 fully saturated rings. The van der Waals surface area contributed by atoms with Crippen LogP contribution in [0.1, 0.15) is 122 Å². The van der Waals surface area contributed by atoms with Gasteiger partial charge < -0.3 is 0 Å². The Morgan fingerprint density at radius 2 is 0.964 bits per heavy atom. The average Bonchev–Trinajstić information content (AvgIpc) is 2.72. The van der Waals surface area contributed by atoms with Crippen molar-refractivity contribution < 1.29 is 0 Å². The number of hydrogen-bond acceptors (Lipinski definition) is 2. The van der Waals surface area contributed by atoms with Crippen LogP contribution in [0.25, 0.3) is 0 Å². The summed E-state index contributed by atoms with van der Waals surface area (Å²) in [6.07, 6.45) is 26.4. The zero-order valence-electron chi connectivity index (χ0n) is 19.1. The van der Waals surface area contributed by atoms with Crippen LogP contribution >= 0.6 is 0 Å². The Balaban J connectivity index is 2.17. The number of pyridine rings is 1. The van der Waals surface area contributed by atoms with Crippen molar-refractivity contribution in [3.8, 4) is 0 Å². The molecule has 1 aromatic heterocycles. The Kier molecular flexibility index (Phi) is 17.4. The molecule has 0 radical (unpaired) electrons. The Bertz CT molecular complexity index is 398. The molecule has 0 atom stereocenters. The summed E-state index contributed by atoms with van der Waals surface area (Å²) in [6, 6.07) is 4.35. The minimum absolute atomic E-state index is 1.09. The summed E-state index contributed by atoms with van der Waals surface area (Å²) in [5, 5.41) is 0. The van der Waals surface area contributed by atoms with Gasteiger partial charge in [-0.3, -0.25) is 9.88 Å². The van der Waals surface area contributed by atoms with E-state index in [9.17, 15) is 0 Å². The first kappa shape index (κ1) is 25.1. The van der Waals surface area contributed by atoms with Crippen LogP contribution in [0.4, 0.5) is 0 Å². The molecular weight excluding hydrogens is 340 g/mol. The quantitative estimate of drug-likeness (QED) is 0.209. The number of aromatic nitrogens is 1. The van der Waals surface area contributed by atoms with Gasteiger partial charge in [-0.25, -0.2) is 0 Å². The van der Waals surface area contributed by atoms with Crippen molar-refractivity contribution >= 4 is 0 Å². The van der Waals surface area contributed by atoms with Crippen molar-refractivity contribution in [2.75, 3.05) is 13.1 Å². The summed E-state index contributed by atoms with van der Waals surface area (Å²) in [5.74, 6) is 0. The van der Waals surface area contributed by atoms with E-state index in [2.05, 4.69) is 35.9 Å². The van der Waals surface area contributed by atoms with E-state index in [0.717, 1.165) is 6.54 Å². The molecule has 0 N–H and O–H groups in total. The van der Waals surface area contributed by atoms with Crippen LogP contribution in [0.2, 0.25) is 0 Å². The lowest BCUT2D eigenvalue weighted by atomic mass is 10.1. The second kappa shape index (κ2) is 19.4. The standard InChI is InChI=1S/C26H48N2/c1-3-5-7-9-11-13-15-17-23-28(25-26-19-21-27-22-20-26)24-18-16-14-12-10-8-6-4-2/h19-22H,3-18,23-25H2,1-2H3. The van der Waals surface area contributed by atoms with E-state index in [1.54, 1.807) is 0 Å². The maximum Gasteiger partial charge on any atom is 0.0271 e. The maximum absolute atomic E-state index is 4.17. The fraction of sp³-hybridized carbons (Fsp3) is 0.808. The van der Waals surface area contributed by atoms with Crippen molar-refractivity contribution in [1.29, 1.82) is 0 Å². The molecule has 2 nitrogen and oxygen atoms in total. The molecule has 0 unspecified atom stereocenters. The average molecular weight is 389 g/mol. The molecular formula is C26H48N2. The zero-order valence-corrected chi connectivity index (χ0v) is 19.1. The van der Waals surface area contributed by atoms with Gasteiger partial charge in [-0.2, -0.15) is 0 Å². The number of rotatable bonds is 20. The third-order valence-corrected chi connectivity index (χ3v) is 5.81. The summed E-state index contributed by atoms with van der Waals surface area (Å²) in [7, 11) is 0. The number of nitrogens with zero attached hydrogens (tertiary/aromatic N) is 2. The van der Waals surface area contributed by atoms with E-state index in [0.29, 0.717) is 0 Å². The fourth-order valence-corrected chi connectivity index (χ4v) is 3.95. The molecule has 0 aromatic carbocycles. The van der Waals surface area contributed by atoms with Gasteiger partial charge in [0.15, 0.2) is 0 Å². The Labute approximate surface area is 176 Å².